The SMILES string of the molecule is Cc1ccc(CNC(=O)Cc2ccccc2C(=O)O)cc1. The maximum atomic E-state index is 11.9. The molecule has 2 aromatic rings. The molecule has 2 N–H and O–H groups in total. The lowest BCUT2D eigenvalue weighted by Gasteiger charge is -2.08. The van der Waals surface area contributed by atoms with E-state index in [0.717, 1.165) is 5.56 Å². The standard InChI is InChI=1S/C17H17NO3/c1-12-6-8-13(9-7-12)11-18-16(19)10-14-4-2-3-5-15(14)17(20)21/h2-9H,10-11H2,1H3,(H,18,19)(H,20,21). The van der Waals surface area contributed by atoms with Crippen molar-refractivity contribution in [3.63, 3.8) is 0 Å². The van der Waals surface area contributed by atoms with Gasteiger partial charge in [0, 0.05) is 6.54 Å². The smallest absolute Gasteiger partial charge is 0.335 e. The third-order valence-electron chi connectivity index (χ3n) is 3.21. The number of hydrogen-bond acceptors (Lipinski definition) is 2. The Labute approximate surface area is 123 Å². The summed E-state index contributed by atoms with van der Waals surface area (Å²) in [5, 5.41) is 11.9. The lowest BCUT2D eigenvalue weighted by atomic mass is 10.0. The topological polar surface area (TPSA) is 66.4 Å². The van der Waals surface area contributed by atoms with Gasteiger partial charge in [-0.1, -0.05) is 48.0 Å². The number of benzene rings is 2. The summed E-state index contributed by atoms with van der Waals surface area (Å²) in [4.78, 5) is 23.0. The Morgan fingerprint density at radius 1 is 1.05 bits per heavy atom. The van der Waals surface area contributed by atoms with E-state index >= 15 is 0 Å². The molecular weight excluding hydrogens is 266 g/mol. The summed E-state index contributed by atoms with van der Waals surface area (Å²) in [5.41, 5.74) is 2.87. The quantitative estimate of drug-likeness (QED) is 0.886. The van der Waals surface area contributed by atoms with Crippen molar-refractivity contribution in [3.05, 3.63) is 70.8 Å². The molecule has 0 aliphatic rings. The number of amides is 1. The highest BCUT2D eigenvalue weighted by molar-refractivity contribution is 5.91. The third kappa shape index (κ3) is 4.18. The van der Waals surface area contributed by atoms with E-state index in [1.807, 2.05) is 31.2 Å². The number of carboxylic acid groups (broad SMARTS) is 1. The minimum atomic E-state index is -1.02. The number of nitrogens with one attached hydrogen (secondary N) is 1. The van der Waals surface area contributed by atoms with Crippen molar-refractivity contribution in [2.75, 3.05) is 0 Å². The molecule has 0 atom stereocenters. The number of hydrogen-bond donors (Lipinski definition) is 2. The van der Waals surface area contributed by atoms with Gasteiger partial charge in [0.2, 0.25) is 5.91 Å². The molecule has 0 saturated carbocycles. The van der Waals surface area contributed by atoms with Gasteiger partial charge in [0.05, 0.1) is 12.0 Å². The molecule has 0 aromatic heterocycles. The van der Waals surface area contributed by atoms with E-state index in [4.69, 9.17) is 5.11 Å². The fourth-order valence-corrected chi connectivity index (χ4v) is 2.03. The molecule has 0 bridgehead atoms. The molecule has 0 radical (unpaired) electrons. The van der Waals surface area contributed by atoms with E-state index in [-0.39, 0.29) is 17.9 Å². The van der Waals surface area contributed by atoms with Crippen LogP contribution in [0.4, 0.5) is 0 Å². The first kappa shape index (κ1) is 14.8. The van der Waals surface area contributed by atoms with E-state index in [0.29, 0.717) is 12.1 Å². The van der Waals surface area contributed by atoms with Gasteiger partial charge in [-0.2, -0.15) is 0 Å². The van der Waals surface area contributed by atoms with E-state index in [1.165, 1.54) is 11.6 Å². The minimum Gasteiger partial charge on any atom is -0.478 e. The van der Waals surface area contributed by atoms with Crippen molar-refractivity contribution in [1.29, 1.82) is 0 Å². The maximum absolute atomic E-state index is 11.9. The molecule has 0 fully saturated rings. The van der Waals surface area contributed by atoms with Gasteiger partial charge >= 0.3 is 5.97 Å². The first-order valence-electron chi connectivity index (χ1n) is 6.69. The lowest BCUT2D eigenvalue weighted by Crippen LogP contribution is -2.25. The van der Waals surface area contributed by atoms with Crippen LogP contribution in [0.1, 0.15) is 27.0 Å². The molecule has 0 unspecified atom stereocenters. The zero-order valence-corrected chi connectivity index (χ0v) is 11.8. The van der Waals surface area contributed by atoms with Gasteiger partial charge in [-0.3, -0.25) is 4.79 Å². The lowest BCUT2D eigenvalue weighted by molar-refractivity contribution is -0.120. The molecule has 0 aliphatic carbocycles. The molecule has 108 valence electrons. The predicted molar refractivity (Wildman–Crippen MR) is 80.1 cm³/mol. The normalized spacial score (nSPS) is 10.1. The zero-order valence-electron chi connectivity index (χ0n) is 11.8. The average Bonchev–Trinajstić information content (AvgIpc) is 2.47. The Balaban J connectivity index is 1.96. The van der Waals surface area contributed by atoms with E-state index in [9.17, 15) is 9.59 Å². The van der Waals surface area contributed by atoms with Gasteiger partial charge in [0.25, 0.3) is 0 Å². The fraction of sp³-hybridized carbons (Fsp3) is 0.176. The van der Waals surface area contributed by atoms with Crippen LogP contribution >= 0.6 is 0 Å². The van der Waals surface area contributed by atoms with Gasteiger partial charge in [-0.25, -0.2) is 4.79 Å². The number of aryl methyl sites for hydroxylation is 1. The second kappa shape index (κ2) is 6.70. The molecule has 0 aliphatic heterocycles. The first-order chi connectivity index (χ1) is 10.1. The Hall–Kier alpha value is -2.62. The van der Waals surface area contributed by atoms with Gasteiger partial charge in [-0.05, 0) is 24.1 Å². The largest absolute Gasteiger partial charge is 0.478 e. The second-order valence-corrected chi connectivity index (χ2v) is 4.90. The van der Waals surface area contributed by atoms with Gasteiger partial charge in [0.15, 0.2) is 0 Å². The molecule has 1 amide bonds. The van der Waals surface area contributed by atoms with Crippen molar-refractivity contribution < 1.29 is 14.7 Å². The Morgan fingerprint density at radius 3 is 2.38 bits per heavy atom. The van der Waals surface area contributed by atoms with Crippen LogP contribution in [-0.2, 0) is 17.8 Å². The Morgan fingerprint density at radius 2 is 1.71 bits per heavy atom. The number of carbonyl (C=O) groups excluding carboxylic acids is 1. The molecule has 0 saturated heterocycles. The van der Waals surface area contributed by atoms with Gasteiger partial charge < -0.3 is 10.4 Å². The molecule has 2 rings (SSSR count). The van der Waals surface area contributed by atoms with Gasteiger partial charge in [-0.15, -0.1) is 0 Å². The van der Waals surface area contributed by atoms with Crippen LogP contribution in [0.2, 0.25) is 0 Å². The summed E-state index contributed by atoms with van der Waals surface area (Å²) < 4.78 is 0. The molecular formula is C17H17NO3. The summed E-state index contributed by atoms with van der Waals surface area (Å²) in [7, 11) is 0. The highest BCUT2D eigenvalue weighted by Gasteiger charge is 2.12. The number of carbonyl (C=O) groups is 2. The summed E-state index contributed by atoms with van der Waals surface area (Å²) in [5.74, 6) is -1.21. The maximum Gasteiger partial charge on any atom is 0.335 e. The summed E-state index contributed by atoms with van der Waals surface area (Å²) in [6, 6.07) is 14.4. The number of rotatable bonds is 5. The fourth-order valence-electron chi connectivity index (χ4n) is 2.03. The summed E-state index contributed by atoms with van der Waals surface area (Å²) >= 11 is 0. The molecule has 0 spiro atoms. The van der Waals surface area contributed by atoms with Crippen LogP contribution < -0.4 is 5.32 Å². The van der Waals surface area contributed by atoms with E-state index in [1.54, 1.807) is 18.2 Å². The third-order valence-corrected chi connectivity index (χ3v) is 3.21. The van der Waals surface area contributed by atoms with Crippen LogP contribution in [0.15, 0.2) is 48.5 Å². The highest BCUT2D eigenvalue weighted by Crippen LogP contribution is 2.10. The van der Waals surface area contributed by atoms with Crippen LogP contribution in [0.25, 0.3) is 0 Å². The van der Waals surface area contributed by atoms with Crippen molar-refractivity contribution >= 4 is 11.9 Å². The number of aromatic carboxylic acids is 1. The minimum absolute atomic E-state index is 0.0638. The van der Waals surface area contributed by atoms with E-state index < -0.39 is 5.97 Å². The van der Waals surface area contributed by atoms with Gasteiger partial charge in [0.1, 0.15) is 0 Å². The Bertz CT molecular complexity index is 647. The van der Waals surface area contributed by atoms with Crippen molar-refractivity contribution in [2.24, 2.45) is 0 Å². The van der Waals surface area contributed by atoms with Crippen molar-refractivity contribution in [3.8, 4) is 0 Å². The summed E-state index contributed by atoms with van der Waals surface area (Å²) in [6.07, 6.45) is 0.0638. The first-order valence-corrected chi connectivity index (χ1v) is 6.69. The van der Waals surface area contributed by atoms with E-state index in [2.05, 4.69) is 5.32 Å². The molecule has 4 nitrogen and oxygen atoms in total. The van der Waals surface area contributed by atoms with Crippen LogP contribution in [0.5, 0.6) is 0 Å². The molecule has 4 heteroatoms. The highest BCUT2D eigenvalue weighted by atomic mass is 16.4. The van der Waals surface area contributed by atoms with Crippen LogP contribution in [0.3, 0.4) is 0 Å². The number of carboxylic acids is 1. The second-order valence-electron chi connectivity index (χ2n) is 4.90. The van der Waals surface area contributed by atoms with Crippen LogP contribution in [-0.4, -0.2) is 17.0 Å². The predicted octanol–water partition coefficient (Wildman–Crippen LogP) is 2.55. The zero-order chi connectivity index (χ0) is 15.2. The summed E-state index contributed by atoms with van der Waals surface area (Å²) in [6.45, 7) is 2.44. The van der Waals surface area contributed by atoms with Crippen molar-refractivity contribution in [2.45, 2.75) is 19.9 Å². The average molecular weight is 283 g/mol. The monoisotopic (exact) mass is 283 g/mol. The van der Waals surface area contributed by atoms with Crippen LogP contribution in [0, 0.1) is 6.92 Å². The molecule has 0 heterocycles. The van der Waals surface area contributed by atoms with Crippen molar-refractivity contribution in [1.82, 2.24) is 5.32 Å². The Kier molecular flexibility index (Phi) is 4.72. The molecule has 21 heavy (non-hydrogen) atoms. The molecule has 2 aromatic carbocycles.